The Bertz CT molecular complexity index is 831. The molecule has 0 saturated carbocycles. The van der Waals surface area contributed by atoms with Crippen molar-refractivity contribution in [3.05, 3.63) is 47.0 Å². The molecule has 6 nitrogen and oxygen atoms in total. The lowest BCUT2D eigenvalue weighted by Crippen LogP contribution is -1.95. The van der Waals surface area contributed by atoms with Crippen LogP contribution in [0.4, 0.5) is 5.95 Å². The Labute approximate surface area is 149 Å². The third-order valence-electron chi connectivity index (χ3n) is 3.12. The fourth-order valence-corrected chi connectivity index (χ4v) is 2.33. The average molecular weight is 367 g/mol. The van der Waals surface area contributed by atoms with Crippen LogP contribution < -0.4 is 10.2 Å². The second-order valence-electron chi connectivity index (χ2n) is 4.76. The number of benzene rings is 2. The molecule has 3 rings (SSSR count). The van der Waals surface area contributed by atoms with Gasteiger partial charge in [0, 0.05) is 0 Å². The van der Waals surface area contributed by atoms with Gasteiger partial charge in [-0.1, -0.05) is 23.7 Å². The molecule has 0 unspecified atom stereocenters. The summed E-state index contributed by atoms with van der Waals surface area (Å²) in [5.41, 5.74) is 5.30. The van der Waals surface area contributed by atoms with Gasteiger partial charge in [0.2, 0.25) is 5.95 Å². The number of halogens is 2. The largest absolute Gasteiger partial charge is 0.503 e. The van der Waals surface area contributed by atoms with Crippen molar-refractivity contribution in [2.24, 2.45) is 5.10 Å². The van der Waals surface area contributed by atoms with Crippen molar-refractivity contribution >= 4 is 47.2 Å². The van der Waals surface area contributed by atoms with E-state index in [9.17, 15) is 5.11 Å². The van der Waals surface area contributed by atoms with Gasteiger partial charge in [-0.05, 0) is 36.8 Å². The first-order chi connectivity index (χ1) is 11.2. The number of hydrogen-bond acceptors (Lipinski definition) is 5. The van der Waals surface area contributed by atoms with Gasteiger partial charge in [-0.25, -0.2) is 10.4 Å². The van der Waals surface area contributed by atoms with Crippen LogP contribution in [0.2, 0.25) is 5.02 Å². The number of anilines is 1. The molecular weight excluding hydrogens is 351 g/mol. The average Bonchev–Trinajstić information content (AvgIpc) is 2.95. The zero-order valence-electron chi connectivity index (χ0n) is 12.8. The molecule has 3 N–H and O–H groups in total. The quantitative estimate of drug-likeness (QED) is 0.467. The fourth-order valence-electron chi connectivity index (χ4n) is 2.11. The molecule has 1 heterocycles. The number of hydrazone groups is 1. The van der Waals surface area contributed by atoms with Crippen molar-refractivity contribution in [1.82, 2.24) is 9.97 Å². The first kappa shape index (κ1) is 17.9. The number of nitrogens with zero attached hydrogens (tertiary/aromatic N) is 2. The van der Waals surface area contributed by atoms with Gasteiger partial charge in [-0.3, -0.25) is 0 Å². The first-order valence-corrected chi connectivity index (χ1v) is 7.44. The maximum Gasteiger partial charge on any atom is 0.222 e. The summed E-state index contributed by atoms with van der Waals surface area (Å²) in [5.74, 6) is 0.790. The molecule has 0 saturated heterocycles. The predicted molar refractivity (Wildman–Crippen MR) is 98.8 cm³/mol. The molecule has 0 aliphatic rings. The number of aromatic nitrogens is 2. The summed E-state index contributed by atoms with van der Waals surface area (Å²) in [7, 11) is 0. The standard InChI is InChI=1S/C16H15ClN4O2.ClH/c1-2-23-14-8-10(7-11(17)15(14)22)9-18-21-16-19-12-5-3-4-6-13(12)20-16;/h3-9,22H,2H2,1H3,(H2,19,20,21);1H. The maximum atomic E-state index is 9.81. The fraction of sp³-hybridized carbons (Fsp3) is 0.125. The van der Waals surface area contributed by atoms with Gasteiger partial charge in [0.1, 0.15) is 0 Å². The van der Waals surface area contributed by atoms with Crippen LogP contribution in [0, 0.1) is 0 Å². The Hall–Kier alpha value is -2.44. The topological polar surface area (TPSA) is 82.5 Å². The zero-order valence-corrected chi connectivity index (χ0v) is 14.4. The van der Waals surface area contributed by atoms with Gasteiger partial charge in [0.05, 0.1) is 28.9 Å². The number of H-pyrrole nitrogens is 1. The monoisotopic (exact) mass is 366 g/mol. The molecular formula is C16H16Cl2N4O2. The third kappa shape index (κ3) is 3.90. The lowest BCUT2D eigenvalue weighted by molar-refractivity contribution is 0.318. The van der Waals surface area contributed by atoms with Gasteiger partial charge in [-0.15, -0.1) is 12.4 Å². The van der Waals surface area contributed by atoms with Crippen LogP contribution in [0.25, 0.3) is 11.0 Å². The molecule has 0 bridgehead atoms. The van der Waals surface area contributed by atoms with Crippen molar-refractivity contribution < 1.29 is 9.84 Å². The molecule has 1 aromatic heterocycles. The van der Waals surface area contributed by atoms with Crippen molar-refractivity contribution in [2.45, 2.75) is 6.92 Å². The number of aromatic hydroxyl groups is 1. The smallest absolute Gasteiger partial charge is 0.222 e. The van der Waals surface area contributed by atoms with Gasteiger partial charge < -0.3 is 14.8 Å². The molecule has 0 spiro atoms. The number of para-hydroxylation sites is 2. The summed E-state index contributed by atoms with van der Waals surface area (Å²) in [4.78, 5) is 7.46. The Balaban J connectivity index is 0.00000208. The summed E-state index contributed by atoms with van der Waals surface area (Å²) in [6, 6.07) is 11.0. The van der Waals surface area contributed by atoms with E-state index in [1.807, 2.05) is 31.2 Å². The summed E-state index contributed by atoms with van der Waals surface area (Å²) in [6.07, 6.45) is 1.57. The minimum Gasteiger partial charge on any atom is -0.503 e. The van der Waals surface area contributed by atoms with E-state index in [-0.39, 0.29) is 23.2 Å². The highest BCUT2D eigenvalue weighted by molar-refractivity contribution is 6.32. The van der Waals surface area contributed by atoms with E-state index in [4.69, 9.17) is 16.3 Å². The van der Waals surface area contributed by atoms with E-state index in [0.717, 1.165) is 11.0 Å². The molecule has 126 valence electrons. The zero-order chi connectivity index (χ0) is 16.2. The van der Waals surface area contributed by atoms with Crippen LogP contribution in [-0.4, -0.2) is 27.9 Å². The second kappa shape index (κ2) is 7.90. The Kier molecular flexibility index (Phi) is 5.89. The highest BCUT2D eigenvalue weighted by Crippen LogP contribution is 2.34. The summed E-state index contributed by atoms with van der Waals surface area (Å²) < 4.78 is 5.33. The number of phenols is 1. The number of rotatable bonds is 5. The van der Waals surface area contributed by atoms with Gasteiger partial charge in [0.25, 0.3) is 0 Å². The van der Waals surface area contributed by atoms with Crippen LogP contribution in [-0.2, 0) is 0 Å². The number of fused-ring (bicyclic) bond motifs is 1. The van der Waals surface area contributed by atoms with Crippen LogP contribution in [0.15, 0.2) is 41.5 Å². The molecule has 0 aliphatic carbocycles. The number of aromatic amines is 1. The molecule has 0 atom stereocenters. The van der Waals surface area contributed by atoms with E-state index in [0.29, 0.717) is 23.9 Å². The van der Waals surface area contributed by atoms with Crippen molar-refractivity contribution in [3.8, 4) is 11.5 Å². The van der Waals surface area contributed by atoms with Gasteiger partial charge in [0.15, 0.2) is 11.5 Å². The van der Waals surface area contributed by atoms with Crippen molar-refractivity contribution in [3.63, 3.8) is 0 Å². The third-order valence-corrected chi connectivity index (χ3v) is 3.41. The highest BCUT2D eigenvalue weighted by atomic mass is 35.5. The molecule has 0 radical (unpaired) electrons. The molecule has 8 heteroatoms. The van der Waals surface area contributed by atoms with E-state index in [1.54, 1.807) is 18.3 Å². The molecule has 3 aromatic rings. The molecule has 0 fully saturated rings. The minimum atomic E-state index is -0.0732. The van der Waals surface area contributed by atoms with Crippen molar-refractivity contribution in [1.29, 1.82) is 0 Å². The van der Waals surface area contributed by atoms with Crippen LogP contribution in [0.1, 0.15) is 12.5 Å². The number of imidazole rings is 1. The Morgan fingerprint density at radius 3 is 2.92 bits per heavy atom. The number of hydrogen-bond donors (Lipinski definition) is 3. The Morgan fingerprint density at radius 2 is 2.17 bits per heavy atom. The van der Waals surface area contributed by atoms with E-state index in [1.165, 1.54) is 0 Å². The normalized spacial score (nSPS) is 10.8. The molecule has 0 amide bonds. The lowest BCUT2D eigenvalue weighted by Gasteiger charge is -2.08. The van der Waals surface area contributed by atoms with E-state index in [2.05, 4.69) is 20.5 Å². The Morgan fingerprint density at radius 1 is 1.38 bits per heavy atom. The van der Waals surface area contributed by atoms with Gasteiger partial charge in [-0.2, -0.15) is 5.10 Å². The molecule has 0 aliphatic heterocycles. The number of ether oxygens (including phenoxy) is 1. The van der Waals surface area contributed by atoms with Crippen LogP contribution in [0.3, 0.4) is 0 Å². The maximum absolute atomic E-state index is 9.81. The second-order valence-corrected chi connectivity index (χ2v) is 5.16. The lowest BCUT2D eigenvalue weighted by atomic mass is 10.2. The van der Waals surface area contributed by atoms with E-state index < -0.39 is 0 Å². The van der Waals surface area contributed by atoms with Crippen LogP contribution in [0.5, 0.6) is 11.5 Å². The molecule has 24 heavy (non-hydrogen) atoms. The van der Waals surface area contributed by atoms with E-state index >= 15 is 0 Å². The molecule has 2 aromatic carbocycles. The number of phenolic OH excluding ortho intramolecular Hbond substituents is 1. The summed E-state index contributed by atoms with van der Waals surface area (Å²) in [6.45, 7) is 2.26. The first-order valence-electron chi connectivity index (χ1n) is 7.06. The summed E-state index contributed by atoms with van der Waals surface area (Å²) >= 11 is 5.97. The minimum absolute atomic E-state index is 0. The number of nitrogens with one attached hydrogen (secondary N) is 2. The SMILES string of the molecule is CCOc1cc(C=NNc2nc3ccccc3[nH]2)cc(Cl)c1O.Cl. The predicted octanol–water partition coefficient (Wildman–Crippen LogP) is 4.19. The van der Waals surface area contributed by atoms with Crippen molar-refractivity contribution in [2.75, 3.05) is 12.0 Å². The highest BCUT2D eigenvalue weighted by Gasteiger charge is 2.08. The van der Waals surface area contributed by atoms with Gasteiger partial charge >= 0.3 is 0 Å². The van der Waals surface area contributed by atoms with Crippen LogP contribution >= 0.6 is 24.0 Å². The summed E-state index contributed by atoms with van der Waals surface area (Å²) in [5, 5.41) is 14.1.